The van der Waals surface area contributed by atoms with Gasteiger partial charge in [0, 0.05) is 24.2 Å². The highest BCUT2D eigenvalue weighted by atomic mass is 32.2. The van der Waals surface area contributed by atoms with Crippen LogP contribution >= 0.6 is 11.8 Å². The maximum absolute atomic E-state index is 8.47. The molecule has 0 bridgehead atoms. The molecule has 4 heteroatoms. The Morgan fingerprint density at radius 2 is 2.08 bits per heavy atom. The molecule has 1 heterocycles. The molecule has 13 heavy (non-hydrogen) atoms. The van der Waals surface area contributed by atoms with E-state index < -0.39 is 0 Å². The second kappa shape index (κ2) is 7.62. The molecule has 0 radical (unpaired) electrons. The van der Waals surface area contributed by atoms with Gasteiger partial charge in [0.2, 0.25) is 0 Å². The number of aliphatic hydroxyl groups excluding tert-OH is 1. The van der Waals surface area contributed by atoms with Crippen molar-refractivity contribution in [3.8, 4) is 0 Å². The highest BCUT2D eigenvalue weighted by Crippen LogP contribution is 2.21. The number of aliphatic hydroxyl groups is 1. The molecule has 0 aromatic heterocycles. The van der Waals surface area contributed by atoms with Crippen molar-refractivity contribution in [2.24, 2.45) is 0 Å². The van der Waals surface area contributed by atoms with E-state index in [-0.39, 0.29) is 6.61 Å². The molecule has 3 nitrogen and oxygen atoms in total. The third-order valence-corrected chi connectivity index (χ3v) is 3.33. The molecule has 0 spiro atoms. The molecule has 0 unspecified atom stereocenters. The zero-order valence-electron chi connectivity index (χ0n) is 7.91. The van der Waals surface area contributed by atoms with Crippen molar-refractivity contribution < 1.29 is 14.6 Å². The van der Waals surface area contributed by atoms with E-state index >= 15 is 0 Å². The fourth-order valence-corrected chi connectivity index (χ4v) is 2.36. The monoisotopic (exact) mass is 206 g/mol. The highest BCUT2D eigenvalue weighted by Gasteiger charge is 2.13. The van der Waals surface area contributed by atoms with E-state index in [0.717, 1.165) is 30.8 Å². The Labute approximate surface area is 83.8 Å². The third-order valence-electron chi connectivity index (χ3n) is 1.99. The van der Waals surface area contributed by atoms with E-state index in [1.165, 1.54) is 12.8 Å². The largest absolute Gasteiger partial charge is 0.394 e. The maximum Gasteiger partial charge on any atom is 0.0698 e. The molecule has 0 aliphatic carbocycles. The van der Waals surface area contributed by atoms with Crippen molar-refractivity contribution >= 4 is 11.8 Å². The van der Waals surface area contributed by atoms with Gasteiger partial charge >= 0.3 is 0 Å². The van der Waals surface area contributed by atoms with E-state index in [1.807, 2.05) is 11.8 Å². The lowest BCUT2D eigenvalue weighted by Crippen LogP contribution is -2.18. The first kappa shape index (κ1) is 11.3. The summed E-state index contributed by atoms with van der Waals surface area (Å²) in [5, 5.41) is 9.22. The number of hydrogen-bond donors (Lipinski definition) is 1. The van der Waals surface area contributed by atoms with E-state index in [4.69, 9.17) is 14.6 Å². The van der Waals surface area contributed by atoms with Gasteiger partial charge in [0.05, 0.1) is 19.8 Å². The van der Waals surface area contributed by atoms with Crippen LogP contribution in [0.25, 0.3) is 0 Å². The van der Waals surface area contributed by atoms with Crippen LogP contribution in [-0.2, 0) is 9.47 Å². The minimum Gasteiger partial charge on any atom is -0.394 e. The van der Waals surface area contributed by atoms with Crippen molar-refractivity contribution in [2.75, 3.05) is 38.8 Å². The Balaban J connectivity index is 1.86. The molecule has 0 aromatic carbocycles. The molecule has 78 valence electrons. The zero-order valence-corrected chi connectivity index (χ0v) is 8.72. The van der Waals surface area contributed by atoms with Crippen LogP contribution in [0, 0.1) is 0 Å². The van der Waals surface area contributed by atoms with Gasteiger partial charge in [0.15, 0.2) is 0 Å². The summed E-state index contributed by atoms with van der Waals surface area (Å²) in [5.41, 5.74) is 0. The third kappa shape index (κ3) is 5.52. The van der Waals surface area contributed by atoms with Crippen LogP contribution in [-0.4, -0.2) is 49.1 Å². The van der Waals surface area contributed by atoms with Crippen LogP contribution in [0.1, 0.15) is 12.8 Å². The van der Waals surface area contributed by atoms with Crippen LogP contribution in [0.2, 0.25) is 0 Å². The molecular formula is C9H18O3S. The smallest absolute Gasteiger partial charge is 0.0698 e. The molecule has 0 saturated carbocycles. The van der Waals surface area contributed by atoms with Crippen LogP contribution in [0.4, 0.5) is 0 Å². The second-order valence-corrected chi connectivity index (χ2v) is 4.43. The van der Waals surface area contributed by atoms with Gasteiger partial charge in [-0.3, -0.25) is 0 Å². The molecule has 0 amide bonds. The Kier molecular flexibility index (Phi) is 6.62. The average Bonchev–Trinajstić information content (AvgIpc) is 2.19. The lowest BCUT2D eigenvalue weighted by molar-refractivity contribution is 0.0982. The Morgan fingerprint density at radius 3 is 2.77 bits per heavy atom. The first-order valence-electron chi connectivity index (χ1n) is 4.81. The highest BCUT2D eigenvalue weighted by molar-refractivity contribution is 7.99. The number of ether oxygens (including phenoxy) is 2. The molecule has 1 aliphatic rings. The van der Waals surface area contributed by atoms with E-state index in [9.17, 15) is 0 Å². The van der Waals surface area contributed by atoms with Crippen molar-refractivity contribution in [3.05, 3.63) is 0 Å². The minimum atomic E-state index is 0.127. The van der Waals surface area contributed by atoms with Gasteiger partial charge < -0.3 is 14.6 Å². The molecular weight excluding hydrogens is 188 g/mol. The lowest BCUT2D eigenvalue weighted by atomic mass is 10.2. The fourth-order valence-electron chi connectivity index (χ4n) is 1.28. The molecule has 1 rings (SSSR count). The quantitative estimate of drug-likeness (QED) is 0.656. The van der Waals surface area contributed by atoms with Crippen molar-refractivity contribution in [1.82, 2.24) is 0 Å². The lowest BCUT2D eigenvalue weighted by Gasteiger charge is -2.21. The molecule has 0 atom stereocenters. The van der Waals surface area contributed by atoms with Crippen LogP contribution in [0.5, 0.6) is 0 Å². The van der Waals surface area contributed by atoms with Gasteiger partial charge in [-0.25, -0.2) is 0 Å². The van der Waals surface area contributed by atoms with E-state index in [1.54, 1.807) is 0 Å². The molecule has 1 saturated heterocycles. The average molecular weight is 206 g/mol. The number of rotatable bonds is 6. The van der Waals surface area contributed by atoms with Gasteiger partial charge in [-0.2, -0.15) is 11.8 Å². The summed E-state index contributed by atoms with van der Waals surface area (Å²) in [5.74, 6) is 1.03. The predicted molar refractivity (Wildman–Crippen MR) is 54.2 cm³/mol. The zero-order chi connectivity index (χ0) is 9.36. The Hall–Kier alpha value is 0.230. The molecule has 1 aliphatic heterocycles. The molecule has 1 fully saturated rings. The normalized spacial score (nSPS) is 19.2. The van der Waals surface area contributed by atoms with E-state index in [2.05, 4.69) is 0 Å². The van der Waals surface area contributed by atoms with Crippen LogP contribution in [0.15, 0.2) is 0 Å². The first-order valence-corrected chi connectivity index (χ1v) is 5.86. The topological polar surface area (TPSA) is 38.7 Å². The summed E-state index contributed by atoms with van der Waals surface area (Å²) < 4.78 is 10.4. The predicted octanol–water partition coefficient (Wildman–Crippen LogP) is 0.908. The number of thioether (sulfide) groups is 1. The first-order chi connectivity index (χ1) is 6.43. The molecule has 1 N–H and O–H groups in total. The maximum atomic E-state index is 8.47. The summed E-state index contributed by atoms with van der Waals surface area (Å²) in [6.07, 6.45) is 2.34. The van der Waals surface area contributed by atoms with Crippen LogP contribution in [0.3, 0.4) is 0 Å². The van der Waals surface area contributed by atoms with Gasteiger partial charge in [-0.1, -0.05) is 0 Å². The summed E-state index contributed by atoms with van der Waals surface area (Å²) in [4.78, 5) is 0. The summed E-state index contributed by atoms with van der Waals surface area (Å²) in [6, 6.07) is 0. The van der Waals surface area contributed by atoms with Gasteiger partial charge in [0.25, 0.3) is 0 Å². The standard InChI is InChI=1S/C9H18O3S/c10-3-6-12-7-8-13-9-1-4-11-5-2-9/h9-10H,1-8H2. The summed E-state index contributed by atoms with van der Waals surface area (Å²) >= 11 is 1.96. The summed E-state index contributed by atoms with van der Waals surface area (Å²) in [6.45, 7) is 3.17. The van der Waals surface area contributed by atoms with Gasteiger partial charge in [-0.05, 0) is 12.8 Å². The van der Waals surface area contributed by atoms with Crippen molar-refractivity contribution in [1.29, 1.82) is 0 Å². The minimum absolute atomic E-state index is 0.127. The fraction of sp³-hybridized carbons (Fsp3) is 1.00. The number of hydrogen-bond acceptors (Lipinski definition) is 4. The van der Waals surface area contributed by atoms with Gasteiger partial charge in [-0.15, -0.1) is 0 Å². The van der Waals surface area contributed by atoms with Crippen molar-refractivity contribution in [2.45, 2.75) is 18.1 Å². The SMILES string of the molecule is OCCOCCSC1CCOCC1. The van der Waals surface area contributed by atoms with Crippen molar-refractivity contribution in [3.63, 3.8) is 0 Å². The van der Waals surface area contributed by atoms with Crippen LogP contribution < -0.4 is 0 Å². The Morgan fingerprint density at radius 1 is 1.31 bits per heavy atom. The van der Waals surface area contributed by atoms with E-state index in [0.29, 0.717) is 6.61 Å². The second-order valence-electron chi connectivity index (χ2n) is 3.02. The van der Waals surface area contributed by atoms with Gasteiger partial charge in [0.1, 0.15) is 0 Å². The summed E-state index contributed by atoms with van der Waals surface area (Å²) in [7, 11) is 0. The molecule has 0 aromatic rings. The Bertz CT molecular complexity index is 115.